The van der Waals surface area contributed by atoms with Gasteiger partial charge in [0, 0.05) is 20.0 Å². The molecule has 0 aliphatic carbocycles. The van der Waals surface area contributed by atoms with Crippen LogP contribution in [0, 0.1) is 0 Å². The molecule has 7 heteroatoms. The normalized spacial score (nSPS) is 10.1. The average molecular weight is 247 g/mol. The van der Waals surface area contributed by atoms with Crippen LogP contribution >= 0.6 is 0 Å². The van der Waals surface area contributed by atoms with Gasteiger partial charge in [0.15, 0.2) is 6.33 Å². The molecule has 2 rings (SSSR count). The Bertz CT molecular complexity index is 512. The average Bonchev–Trinajstić information content (AvgIpc) is 2.92. The Hall–Kier alpha value is -2.44. The summed E-state index contributed by atoms with van der Waals surface area (Å²) < 4.78 is 4.82. The number of nitrogens with zero attached hydrogens (tertiary/aromatic N) is 3. The van der Waals surface area contributed by atoms with Crippen molar-refractivity contribution in [3.05, 3.63) is 36.1 Å². The Balaban J connectivity index is 1.87. The minimum Gasteiger partial charge on any atom is -0.373 e. The first kappa shape index (κ1) is 12.0. The third-order valence-corrected chi connectivity index (χ3v) is 2.27. The van der Waals surface area contributed by atoms with Gasteiger partial charge in [0.25, 0.3) is 5.91 Å². The monoisotopic (exact) mass is 247 g/mol. The molecule has 0 atom stereocenters. The van der Waals surface area contributed by atoms with Gasteiger partial charge in [-0.2, -0.15) is 4.98 Å². The second-order valence-electron chi connectivity index (χ2n) is 3.50. The Labute approximate surface area is 104 Å². The van der Waals surface area contributed by atoms with E-state index in [0.717, 1.165) is 0 Å². The summed E-state index contributed by atoms with van der Waals surface area (Å²) in [5.74, 6) is 0.915. The molecule has 94 valence electrons. The number of pyridine rings is 1. The van der Waals surface area contributed by atoms with Crippen molar-refractivity contribution in [1.29, 1.82) is 0 Å². The van der Waals surface area contributed by atoms with Crippen LogP contribution in [0.4, 0.5) is 5.82 Å². The van der Waals surface area contributed by atoms with Crippen molar-refractivity contribution in [2.24, 2.45) is 0 Å². The van der Waals surface area contributed by atoms with Crippen LogP contribution in [0.5, 0.6) is 0 Å². The zero-order chi connectivity index (χ0) is 12.8. The molecule has 0 saturated carbocycles. The number of amides is 1. The third-order valence-electron chi connectivity index (χ3n) is 2.27. The molecule has 2 N–H and O–H groups in total. The SMILES string of the molecule is CNc1cccc(C(=O)NCCc2ncno2)n1. The fourth-order valence-corrected chi connectivity index (χ4v) is 1.38. The molecule has 0 saturated heterocycles. The van der Waals surface area contributed by atoms with Crippen molar-refractivity contribution >= 4 is 11.7 Å². The van der Waals surface area contributed by atoms with E-state index in [9.17, 15) is 4.79 Å². The quantitative estimate of drug-likeness (QED) is 0.798. The standard InChI is InChI=1S/C11H13N5O2/c1-12-9-4-2-3-8(16-9)11(17)13-6-5-10-14-7-15-18-10/h2-4,7H,5-6H2,1H3,(H,12,16)(H,13,17). The molecule has 0 aromatic carbocycles. The van der Waals surface area contributed by atoms with Crippen molar-refractivity contribution in [2.45, 2.75) is 6.42 Å². The van der Waals surface area contributed by atoms with Gasteiger partial charge < -0.3 is 15.2 Å². The van der Waals surface area contributed by atoms with Gasteiger partial charge in [-0.25, -0.2) is 4.98 Å². The van der Waals surface area contributed by atoms with Crippen LogP contribution in [-0.2, 0) is 6.42 Å². The highest BCUT2D eigenvalue weighted by molar-refractivity contribution is 5.92. The fourth-order valence-electron chi connectivity index (χ4n) is 1.38. The minimum absolute atomic E-state index is 0.230. The van der Waals surface area contributed by atoms with E-state index in [0.29, 0.717) is 30.4 Å². The zero-order valence-electron chi connectivity index (χ0n) is 9.88. The van der Waals surface area contributed by atoms with Crippen LogP contribution in [0.25, 0.3) is 0 Å². The number of carbonyl (C=O) groups is 1. The maximum Gasteiger partial charge on any atom is 0.269 e. The molecular weight excluding hydrogens is 234 g/mol. The summed E-state index contributed by atoms with van der Waals surface area (Å²) in [7, 11) is 1.75. The molecule has 0 aliphatic rings. The van der Waals surface area contributed by atoms with E-state index in [1.165, 1.54) is 6.33 Å². The minimum atomic E-state index is -0.230. The topological polar surface area (TPSA) is 92.9 Å². The second kappa shape index (κ2) is 5.76. The van der Waals surface area contributed by atoms with Crippen LogP contribution < -0.4 is 10.6 Å². The molecule has 0 unspecified atom stereocenters. The highest BCUT2D eigenvalue weighted by Crippen LogP contribution is 2.03. The summed E-state index contributed by atoms with van der Waals surface area (Å²) in [5.41, 5.74) is 0.368. The largest absolute Gasteiger partial charge is 0.373 e. The Kier molecular flexibility index (Phi) is 3.85. The number of aromatic nitrogens is 3. The molecule has 7 nitrogen and oxygen atoms in total. The predicted octanol–water partition coefficient (Wildman–Crippen LogP) is 0.479. The van der Waals surface area contributed by atoms with Gasteiger partial charge in [0.1, 0.15) is 11.5 Å². The van der Waals surface area contributed by atoms with Crippen molar-refractivity contribution in [2.75, 3.05) is 18.9 Å². The smallest absolute Gasteiger partial charge is 0.269 e. The summed E-state index contributed by atoms with van der Waals surface area (Å²) in [6.07, 6.45) is 1.83. The molecule has 2 heterocycles. The van der Waals surface area contributed by atoms with Gasteiger partial charge in [-0.3, -0.25) is 4.79 Å². The maximum absolute atomic E-state index is 11.8. The summed E-state index contributed by atoms with van der Waals surface area (Å²) in [6.45, 7) is 0.423. The number of anilines is 1. The van der Waals surface area contributed by atoms with Crippen LogP contribution in [0.15, 0.2) is 29.0 Å². The molecular formula is C11H13N5O2. The Morgan fingerprint density at radius 2 is 2.33 bits per heavy atom. The predicted molar refractivity (Wildman–Crippen MR) is 64.1 cm³/mol. The molecule has 2 aromatic heterocycles. The van der Waals surface area contributed by atoms with Crippen LogP contribution in [0.1, 0.15) is 16.4 Å². The van der Waals surface area contributed by atoms with Gasteiger partial charge in [0.2, 0.25) is 5.89 Å². The van der Waals surface area contributed by atoms with Crippen molar-refractivity contribution in [3.8, 4) is 0 Å². The first-order chi connectivity index (χ1) is 8.79. The molecule has 0 fully saturated rings. The molecule has 0 bridgehead atoms. The lowest BCUT2D eigenvalue weighted by Gasteiger charge is -2.04. The van der Waals surface area contributed by atoms with Gasteiger partial charge in [0.05, 0.1) is 0 Å². The molecule has 2 aromatic rings. The lowest BCUT2D eigenvalue weighted by molar-refractivity contribution is 0.0948. The summed E-state index contributed by atoms with van der Waals surface area (Å²) in [5, 5.41) is 9.09. The van der Waals surface area contributed by atoms with E-state index < -0.39 is 0 Å². The Morgan fingerprint density at radius 3 is 3.06 bits per heavy atom. The second-order valence-corrected chi connectivity index (χ2v) is 3.50. The molecule has 18 heavy (non-hydrogen) atoms. The summed E-state index contributed by atoms with van der Waals surface area (Å²) >= 11 is 0. The van der Waals surface area contributed by atoms with Crippen LogP contribution in [0.2, 0.25) is 0 Å². The van der Waals surface area contributed by atoms with Gasteiger partial charge in [-0.15, -0.1) is 0 Å². The van der Waals surface area contributed by atoms with E-state index >= 15 is 0 Å². The number of hydrogen-bond donors (Lipinski definition) is 2. The van der Waals surface area contributed by atoms with Gasteiger partial charge in [-0.05, 0) is 12.1 Å². The first-order valence-corrected chi connectivity index (χ1v) is 5.48. The van der Waals surface area contributed by atoms with Crippen LogP contribution in [-0.4, -0.2) is 34.6 Å². The highest BCUT2D eigenvalue weighted by Gasteiger charge is 2.07. The first-order valence-electron chi connectivity index (χ1n) is 5.48. The van der Waals surface area contributed by atoms with Gasteiger partial charge >= 0.3 is 0 Å². The number of rotatable bonds is 5. The van der Waals surface area contributed by atoms with Crippen molar-refractivity contribution in [3.63, 3.8) is 0 Å². The lowest BCUT2D eigenvalue weighted by Crippen LogP contribution is -2.26. The Morgan fingerprint density at radius 1 is 1.44 bits per heavy atom. The van der Waals surface area contributed by atoms with E-state index in [1.807, 2.05) is 0 Å². The molecule has 0 aliphatic heterocycles. The summed E-state index contributed by atoms with van der Waals surface area (Å²) in [6, 6.07) is 5.21. The number of carbonyl (C=O) groups excluding carboxylic acids is 1. The van der Waals surface area contributed by atoms with E-state index in [4.69, 9.17) is 4.52 Å². The van der Waals surface area contributed by atoms with E-state index in [-0.39, 0.29) is 5.91 Å². The van der Waals surface area contributed by atoms with Gasteiger partial charge in [-0.1, -0.05) is 11.2 Å². The summed E-state index contributed by atoms with van der Waals surface area (Å²) in [4.78, 5) is 19.8. The van der Waals surface area contributed by atoms with E-state index in [1.54, 1.807) is 25.2 Å². The van der Waals surface area contributed by atoms with Crippen LogP contribution in [0.3, 0.4) is 0 Å². The number of nitrogens with one attached hydrogen (secondary N) is 2. The third kappa shape index (κ3) is 3.03. The fraction of sp³-hybridized carbons (Fsp3) is 0.273. The molecule has 0 spiro atoms. The molecule has 1 amide bonds. The maximum atomic E-state index is 11.8. The van der Waals surface area contributed by atoms with Crippen molar-refractivity contribution in [1.82, 2.24) is 20.4 Å². The lowest BCUT2D eigenvalue weighted by atomic mass is 10.3. The van der Waals surface area contributed by atoms with E-state index in [2.05, 4.69) is 25.8 Å². The zero-order valence-corrected chi connectivity index (χ0v) is 9.88. The highest BCUT2D eigenvalue weighted by atomic mass is 16.5. The molecule has 0 radical (unpaired) electrons. The van der Waals surface area contributed by atoms with Crippen molar-refractivity contribution < 1.29 is 9.32 Å². The number of hydrogen-bond acceptors (Lipinski definition) is 6.